The van der Waals surface area contributed by atoms with Gasteiger partial charge in [0.1, 0.15) is 6.17 Å². The van der Waals surface area contributed by atoms with Crippen LogP contribution in [0.4, 0.5) is 17.6 Å². The highest BCUT2D eigenvalue weighted by molar-refractivity contribution is 5.21. The van der Waals surface area contributed by atoms with Gasteiger partial charge in [-0.3, -0.25) is 0 Å². The smallest absolute Gasteiger partial charge is 0.247 e. The molecule has 0 nitrogen and oxygen atoms in total. The quantitative estimate of drug-likeness (QED) is 0.463. The zero-order valence-corrected chi connectivity index (χ0v) is 6.66. The van der Waals surface area contributed by atoms with Gasteiger partial charge in [-0.15, -0.1) is 0 Å². The summed E-state index contributed by atoms with van der Waals surface area (Å²) in [5, 5.41) is 0. The summed E-state index contributed by atoms with van der Waals surface area (Å²) >= 11 is 0. The van der Waals surface area contributed by atoms with Crippen LogP contribution in [0.2, 0.25) is 0 Å². The van der Waals surface area contributed by atoms with Crippen molar-refractivity contribution < 1.29 is 17.6 Å². The summed E-state index contributed by atoms with van der Waals surface area (Å²) in [5.74, 6) is 0. The molecule has 0 aliphatic rings. The first kappa shape index (κ1) is 11.2. The third-order valence-electron chi connectivity index (χ3n) is 1.21. The van der Waals surface area contributed by atoms with E-state index in [1.165, 1.54) is 6.92 Å². The van der Waals surface area contributed by atoms with Crippen molar-refractivity contribution in [2.24, 2.45) is 0 Å². The fraction of sp³-hybridized carbons (Fsp3) is 0.500. The molecule has 0 N–H and O–H groups in total. The molecule has 0 aromatic carbocycles. The maximum absolute atomic E-state index is 12.1. The fourth-order valence-corrected chi connectivity index (χ4v) is 0.604. The van der Waals surface area contributed by atoms with E-state index in [1.54, 1.807) is 0 Å². The normalized spacial score (nSPS) is 15.9. The Morgan fingerprint density at radius 2 is 2.00 bits per heavy atom. The molecular formula is C8H10F4. The summed E-state index contributed by atoms with van der Waals surface area (Å²) in [5.41, 5.74) is -0.882. The van der Waals surface area contributed by atoms with Gasteiger partial charge in [-0.05, 0) is 13.3 Å². The Hall–Kier alpha value is -0.800. The predicted molar refractivity (Wildman–Crippen MR) is 39.5 cm³/mol. The van der Waals surface area contributed by atoms with Gasteiger partial charge < -0.3 is 0 Å². The van der Waals surface area contributed by atoms with E-state index in [4.69, 9.17) is 0 Å². The van der Waals surface area contributed by atoms with Gasteiger partial charge in [0.05, 0.1) is 5.57 Å². The second kappa shape index (κ2) is 4.28. The van der Waals surface area contributed by atoms with Crippen LogP contribution in [-0.4, -0.2) is 12.3 Å². The molecule has 1 unspecified atom stereocenters. The first-order chi connectivity index (χ1) is 5.38. The summed E-state index contributed by atoms with van der Waals surface area (Å²) in [4.78, 5) is 0. The molecule has 0 bridgehead atoms. The molecule has 0 aromatic rings. The summed E-state index contributed by atoms with van der Waals surface area (Å²) in [7, 11) is 0. The van der Waals surface area contributed by atoms with Crippen LogP contribution in [0.3, 0.4) is 0 Å². The van der Waals surface area contributed by atoms with Gasteiger partial charge in [0.2, 0.25) is 0 Å². The second-order valence-corrected chi connectivity index (χ2v) is 2.38. The van der Waals surface area contributed by atoms with E-state index in [2.05, 4.69) is 6.58 Å². The average Bonchev–Trinajstić information content (AvgIpc) is 1.85. The molecule has 12 heavy (non-hydrogen) atoms. The van der Waals surface area contributed by atoms with E-state index in [0.29, 0.717) is 6.08 Å². The Morgan fingerprint density at radius 1 is 1.50 bits per heavy atom. The van der Waals surface area contributed by atoms with Gasteiger partial charge in [0.25, 0.3) is 0 Å². The highest BCUT2D eigenvalue weighted by atomic mass is 19.4. The van der Waals surface area contributed by atoms with Gasteiger partial charge in [-0.25, -0.2) is 4.39 Å². The van der Waals surface area contributed by atoms with Gasteiger partial charge in [-0.1, -0.05) is 18.7 Å². The van der Waals surface area contributed by atoms with E-state index >= 15 is 0 Å². The molecular weight excluding hydrogens is 172 g/mol. The third kappa shape index (κ3) is 4.16. The van der Waals surface area contributed by atoms with Crippen LogP contribution < -0.4 is 0 Å². The lowest BCUT2D eigenvalue weighted by Crippen LogP contribution is -2.10. The Labute approximate surface area is 68.6 Å². The lowest BCUT2D eigenvalue weighted by atomic mass is 10.2. The molecule has 0 rings (SSSR count). The number of alkyl halides is 4. The van der Waals surface area contributed by atoms with Crippen LogP contribution in [0.25, 0.3) is 0 Å². The van der Waals surface area contributed by atoms with Crippen molar-refractivity contribution in [1.82, 2.24) is 0 Å². The Bertz CT molecular complexity index is 176. The monoisotopic (exact) mass is 182 g/mol. The van der Waals surface area contributed by atoms with E-state index in [0.717, 1.165) is 6.08 Å². The van der Waals surface area contributed by atoms with E-state index in [-0.39, 0.29) is 6.42 Å². The van der Waals surface area contributed by atoms with Gasteiger partial charge in [0, 0.05) is 0 Å². The van der Waals surface area contributed by atoms with E-state index in [1.807, 2.05) is 0 Å². The van der Waals surface area contributed by atoms with Crippen molar-refractivity contribution in [2.45, 2.75) is 25.7 Å². The van der Waals surface area contributed by atoms with Crippen molar-refractivity contribution in [3.8, 4) is 0 Å². The van der Waals surface area contributed by atoms with Gasteiger partial charge >= 0.3 is 6.18 Å². The first-order valence-corrected chi connectivity index (χ1v) is 3.41. The molecule has 70 valence electrons. The summed E-state index contributed by atoms with van der Waals surface area (Å²) in [6.07, 6.45) is -4.43. The number of halogens is 4. The molecule has 0 fully saturated rings. The molecule has 4 heteroatoms. The maximum Gasteiger partial charge on any atom is 0.416 e. The molecule has 0 saturated heterocycles. The minimum absolute atomic E-state index is 0.235. The largest absolute Gasteiger partial charge is 0.416 e. The predicted octanol–water partition coefficient (Wildman–Crippen LogP) is 3.41. The van der Waals surface area contributed by atoms with Crippen LogP contribution in [0.15, 0.2) is 24.3 Å². The minimum Gasteiger partial charge on any atom is -0.247 e. The number of hydrogen-bond acceptors (Lipinski definition) is 0. The van der Waals surface area contributed by atoms with Crippen LogP contribution >= 0.6 is 0 Å². The van der Waals surface area contributed by atoms with Crippen molar-refractivity contribution in [3.63, 3.8) is 0 Å². The second-order valence-electron chi connectivity index (χ2n) is 2.38. The fourth-order valence-electron chi connectivity index (χ4n) is 0.604. The Morgan fingerprint density at radius 3 is 2.25 bits per heavy atom. The van der Waals surface area contributed by atoms with Crippen molar-refractivity contribution in [2.75, 3.05) is 0 Å². The van der Waals surface area contributed by atoms with E-state index in [9.17, 15) is 17.6 Å². The average molecular weight is 182 g/mol. The maximum atomic E-state index is 12.1. The number of allylic oxidation sites excluding steroid dienone is 3. The lowest BCUT2D eigenvalue weighted by Gasteiger charge is -2.06. The van der Waals surface area contributed by atoms with Crippen LogP contribution in [-0.2, 0) is 0 Å². The molecule has 1 atom stereocenters. The Kier molecular flexibility index (Phi) is 4.00. The third-order valence-corrected chi connectivity index (χ3v) is 1.21. The van der Waals surface area contributed by atoms with Crippen molar-refractivity contribution in [1.29, 1.82) is 0 Å². The van der Waals surface area contributed by atoms with Gasteiger partial charge in [-0.2, -0.15) is 13.2 Å². The Balaban J connectivity index is 4.34. The van der Waals surface area contributed by atoms with Crippen LogP contribution in [0.5, 0.6) is 0 Å². The topological polar surface area (TPSA) is 0 Å². The van der Waals surface area contributed by atoms with Crippen molar-refractivity contribution in [3.05, 3.63) is 24.3 Å². The standard InChI is InChI=1S/C8H10F4/c1-3-7(8(10,11)12)5-4-6(2)9/h3,5-6H,1,4H2,2H3/b7-5+. The van der Waals surface area contributed by atoms with Gasteiger partial charge in [0.15, 0.2) is 0 Å². The zero-order chi connectivity index (χ0) is 9.78. The van der Waals surface area contributed by atoms with Crippen LogP contribution in [0, 0.1) is 0 Å². The molecule has 0 amide bonds. The molecule has 0 radical (unpaired) electrons. The summed E-state index contributed by atoms with van der Waals surface area (Å²) in [6, 6.07) is 0. The SMILES string of the molecule is C=C/C(=C\CC(C)F)C(F)(F)F. The molecule has 0 spiro atoms. The lowest BCUT2D eigenvalue weighted by molar-refractivity contribution is -0.0884. The molecule has 0 heterocycles. The molecule has 0 aromatic heterocycles. The van der Waals surface area contributed by atoms with Crippen molar-refractivity contribution >= 4 is 0 Å². The minimum atomic E-state index is -4.42. The first-order valence-electron chi connectivity index (χ1n) is 3.41. The summed E-state index contributed by atoms with van der Waals surface area (Å²) < 4.78 is 47.9. The van der Waals surface area contributed by atoms with E-state index < -0.39 is 17.9 Å². The molecule has 0 aliphatic carbocycles. The molecule has 0 aliphatic heterocycles. The number of rotatable bonds is 3. The van der Waals surface area contributed by atoms with Crippen LogP contribution in [0.1, 0.15) is 13.3 Å². The molecule has 0 saturated carbocycles. The number of hydrogen-bond donors (Lipinski definition) is 0. The highest BCUT2D eigenvalue weighted by Gasteiger charge is 2.30. The summed E-state index contributed by atoms with van der Waals surface area (Å²) in [6.45, 7) is 4.20. The zero-order valence-electron chi connectivity index (χ0n) is 6.66. The highest BCUT2D eigenvalue weighted by Crippen LogP contribution is 2.26.